The van der Waals surface area contributed by atoms with Crippen LogP contribution < -0.4 is 0 Å². The van der Waals surface area contributed by atoms with Gasteiger partial charge in [-0.2, -0.15) is 18.3 Å². The molecule has 2 heterocycles. The third-order valence-corrected chi connectivity index (χ3v) is 6.23. The number of rotatable bonds is 6. The van der Waals surface area contributed by atoms with Crippen LogP contribution >= 0.6 is 0 Å². The minimum Gasteiger partial charge on any atom is -0.481 e. The van der Waals surface area contributed by atoms with Gasteiger partial charge in [0.25, 0.3) is 0 Å². The third kappa shape index (κ3) is 4.83. The van der Waals surface area contributed by atoms with Gasteiger partial charge in [0.05, 0.1) is 23.4 Å². The van der Waals surface area contributed by atoms with Crippen molar-refractivity contribution in [2.24, 2.45) is 0 Å². The fourth-order valence-corrected chi connectivity index (χ4v) is 4.47. The Morgan fingerprint density at radius 1 is 0.914 bits per heavy atom. The van der Waals surface area contributed by atoms with Crippen molar-refractivity contribution in [3.8, 4) is 33.6 Å². The molecule has 0 bridgehead atoms. The SMILES string of the molecule is O=C(O)CCN1Cc2ccc(-c3cc(-c4ccc(-c5ccccc5)c(C(F)(F)F)c4)[nH]n3)cc2C1. The second-order valence-corrected chi connectivity index (χ2v) is 8.63. The van der Waals surface area contributed by atoms with Gasteiger partial charge in [-0.25, -0.2) is 0 Å². The summed E-state index contributed by atoms with van der Waals surface area (Å²) in [5.41, 5.74) is 4.56. The monoisotopic (exact) mass is 477 g/mol. The van der Waals surface area contributed by atoms with Crippen molar-refractivity contribution in [2.75, 3.05) is 6.54 Å². The standard InChI is InChI=1S/C27H22F3N3O2/c28-27(29,30)23-13-19(8-9-22(23)17-4-2-1-3-5-17)25-14-24(31-32-25)18-6-7-20-15-33(11-10-26(34)35)16-21(20)12-18/h1-9,12-14H,10-11,15-16H2,(H,31,32)(H,34,35). The van der Waals surface area contributed by atoms with Gasteiger partial charge in [-0.3, -0.25) is 14.8 Å². The zero-order valence-corrected chi connectivity index (χ0v) is 18.6. The molecule has 0 saturated carbocycles. The predicted octanol–water partition coefficient (Wildman–Crippen LogP) is 6.22. The number of hydrogen-bond donors (Lipinski definition) is 2. The summed E-state index contributed by atoms with van der Waals surface area (Å²) in [6, 6.07) is 20.5. The van der Waals surface area contributed by atoms with Crippen molar-refractivity contribution in [3.05, 3.63) is 89.5 Å². The largest absolute Gasteiger partial charge is 0.481 e. The van der Waals surface area contributed by atoms with Crippen molar-refractivity contribution in [2.45, 2.75) is 25.7 Å². The van der Waals surface area contributed by atoms with Crippen LogP contribution in [0.25, 0.3) is 33.6 Å². The average Bonchev–Trinajstić information content (AvgIpc) is 3.49. The number of aromatic amines is 1. The molecular weight excluding hydrogens is 455 g/mol. The summed E-state index contributed by atoms with van der Waals surface area (Å²) in [7, 11) is 0. The second-order valence-electron chi connectivity index (χ2n) is 8.63. The Morgan fingerprint density at radius 3 is 2.40 bits per heavy atom. The number of hydrogen-bond acceptors (Lipinski definition) is 3. The summed E-state index contributed by atoms with van der Waals surface area (Å²) < 4.78 is 41.7. The number of carboxylic acid groups (broad SMARTS) is 1. The summed E-state index contributed by atoms with van der Waals surface area (Å²) in [5, 5.41) is 16.1. The molecule has 0 unspecified atom stereocenters. The van der Waals surface area contributed by atoms with E-state index >= 15 is 0 Å². The summed E-state index contributed by atoms with van der Waals surface area (Å²) in [6.45, 7) is 1.83. The maximum atomic E-state index is 13.9. The van der Waals surface area contributed by atoms with E-state index in [1.54, 1.807) is 42.5 Å². The first-order chi connectivity index (χ1) is 16.8. The lowest BCUT2D eigenvalue weighted by Gasteiger charge is -2.14. The molecule has 0 saturated heterocycles. The highest BCUT2D eigenvalue weighted by molar-refractivity contribution is 5.75. The van der Waals surface area contributed by atoms with Gasteiger partial charge in [0.2, 0.25) is 0 Å². The maximum absolute atomic E-state index is 13.9. The molecule has 1 aliphatic heterocycles. The van der Waals surface area contributed by atoms with E-state index in [0.29, 0.717) is 42.1 Å². The fraction of sp³-hybridized carbons (Fsp3) is 0.185. The van der Waals surface area contributed by atoms with Crippen LogP contribution in [0.4, 0.5) is 13.2 Å². The average molecular weight is 477 g/mol. The summed E-state index contributed by atoms with van der Waals surface area (Å²) in [4.78, 5) is 12.9. The van der Waals surface area contributed by atoms with Gasteiger partial charge >= 0.3 is 12.1 Å². The highest BCUT2D eigenvalue weighted by Gasteiger charge is 2.34. The molecule has 0 atom stereocenters. The van der Waals surface area contributed by atoms with Crippen LogP contribution in [0.3, 0.4) is 0 Å². The van der Waals surface area contributed by atoms with Crippen LogP contribution in [0, 0.1) is 0 Å². The Hall–Kier alpha value is -3.91. The molecule has 0 fully saturated rings. The molecule has 2 N–H and O–H groups in total. The molecular formula is C27H22F3N3O2. The lowest BCUT2D eigenvalue weighted by atomic mass is 9.96. The summed E-state index contributed by atoms with van der Waals surface area (Å²) in [5.74, 6) is -0.823. The van der Waals surface area contributed by atoms with E-state index in [1.807, 2.05) is 18.2 Å². The van der Waals surface area contributed by atoms with E-state index in [2.05, 4.69) is 15.1 Å². The second kappa shape index (κ2) is 9.03. The van der Waals surface area contributed by atoms with Crippen molar-refractivity contribution in [1.82, 2.24) is 15.1 Å². The maximum Gasteiger partial charge on any atom is 0.417 e. The zero-order chi connectivity index (χ0) is 24.6. The highest BCUT2D eigenvalue weighted by atomic mass is 19.4. The number of halogens is 3. The van der Waals surface area contributed by atoms with Gasteiger partial charge in [0.15, 0.2) is 0 Å². The Morgan fingerprint density at radius 2 is 1.66 bits per heavy atom. The fourth-order valence-electron chi connectivity index (χ4n) is 4.47. The van der Waals surface area contributed by atoms with Crippen LogP contribution in [0.2, 0.25) is 0 Å². The summed E-state index contributed by atoms with van der Waals surface area (Å²) >= 11 is 0. The quantitative estimate of drug-likeness (QED) is 0.346. The Balaban J connectivity index is 1.42. The van der Waals surface area contributed by atoms with Crippen LogP contribution in [-0.4, -0.2) is 32.7 Å². The number of carbonyl (C=O) groups is 1. The van der Waals surface area contributed by atoms with Crippen LogP contribution in [-0.2, 0) is 24.1 Å². The minimum atomic E-state index is -4.50. The zero-order valence-electron chi connectivity index (χ0n) is 18.6. The molecule has 35 heavy (non-hydrogen) atoms. The first-order valence-electron chi connectivity index (χ1n) is 11.2. The molecule has 5 nitrogen and oxygen atoms in total. The van der Waals surface area contributed by atoms with Crippen LogP contribution in [0.1, 0.15) is 23.1 Å². The number of H-pyrrole nitrogens is 1. The number of aliphatic carboxylic acids is 1. The molecule has 5 rings (SSSR count). The molecule has 4 aromatic rings. The van der Waals surface area contributed by atoms with E-state index < -0.39 is 17.7 Å². The molecule has 178 valence electrons. The van der Waals surface area contributed by atoms with Gasteiger partial charge < -0.3 is 5.11 Å². The molecule has 1 aliphatic rings. The van der Waals surface area contributed by atoms with E-state index in [4.69, 9.17) is 5.11 Å². The molecule has 0 aliphatic carbocycles. The Bertz CT molecular complexity index is 1380. The van der Waals surface area contributed by atoms with Gasteiger partial charge in [-0.15, -0.1) is 0 Å². The number of aromatic nitrogens is 2. The first-order valence-corrected chi connectivity index (χ1v) is 11.2. The van der Waals surface area contributed by atoms with Crippen molar-refractivity contribution < 1.29 is 23.1 Å². The molecule has 8 heteroatoms. The number of fused-ring (bicyclic) bond motifs is 1. The van der Waals surface area contributed by atoms with Crippen molar-refractivity contribution >= 4 is 5.97 Å². The van der Waals surface area contributed by atoms with Crippen molar-refractivity contribution in [3.63, 3.8) is 0 Å². The first kappa shape index (κ1) is 22.9. The molecule has 3 aromatic carbocycles. The number of nitrogens with zero attached hydrogens (tertiary/aromatic N) is 2. The third-order valence-electron chi connectivity index (χ3n) is 6.23. The molecule has 1 aromatic heterocycles. The minimum absolute atomic E-state index is 0.0898. The predicted molar refractivity (Wildman–Crippen MR) is 126 cm³/mol. The Kier molecular flexibility index (Phi) is 5.90. The topological polar surface area (TPSA) is 69.2 Å². The van der Waals surface area contributed by atoms with Gasteiger partial charge in [0, 0.05) is 30.8 Å². The smallest absolute Gasteiger partial charge is 0.417 e. The molecule has 0 amide bonds. The van der Waals surface area contributed by atoms with Gasteiger partial charge in [-0.05, 0) is 40.5 Å². The number of benzene rings is 3. The molecule has 0 radical (unpaired) electrons. The highest BCUT2D eigenvalue weighted by Crippen LogP contribution is 2.39. The normalized spacial score (nSPS) is 13.7. The van der Waals surface area contributed by atoms with E-state index in [1.165, 1.54) is 6.07 Å². The number of nitrogens with one attached hydrogen (secondary N) is 1. The number of carboxylic acids is 1. The Labute approximate surface area is 199 Å². The van der Waals surface area contributed by atoms with Gasteiger partial charge in [0.1, 0.15) is 0 Å². The van der Waals surface area contributed by atoms with Crippen LogP contribution in [0.15, 0.2) is 72.8 Å². The van der Waals surface area contributed by atoms with E-state index in [-0.39, 0.29) is 12.0 Å². The van der Waals surface area contributed by atoms with Gasteiger partial charge in [-0.1, -0.05) is 54.6 Å². The van der Waals surface area contributed by atoms with E-state index in [0.717, 1.165) is 22.8 Å². The number of alkyl halides is 3. The van der Waals surface area contributed by atoms with Crippen LogP contribution in [0.5, 0.6) is 0 Å². The lowest BCUT2D eigenvalue weighted by molar-refractivity contribution is -0.138. The van der Waals surface area contributed by atoms with Crippen molar-refractivity contribution in [1.29, 1.82) is 0 Å². The van der Waals surface area contributed by atoms with E-state index in [9.17, 15) is 18.0 Å². The summed E-state index contributed by atoms with van der Waals surface area (Å²) in [6.07, 6.45) is -4.41. The molecule has 0 spiro atoms. The lowest BCUT2D eigenvalue weighted by Crippen LogP contribution is -2.20.